The Morgan fingerprint density at radius 2 is 1.91 bits per heavy atom. The third-order valence-corrected chi connectivity index (χ3v) is 9.33. The molecule has 0 aliphatic carbocycles. The van der Waals surface area contributed by atoms with Gasteiger partial charge in [0, 0.05) is 55.1 Å². The number of piperazine rings is 1. The van der Waals surface area contributed by atoms with E-state index >= 15 is 4.39 Å². The number of rotatable bonds is 8. The second-order valence-electron chi connectivity index (χ2n) is 11.5. The summed E-state index contributed by atoms with van der Waals surface area (Å²) in [5.41, 5.74) is 1.17. The molecule has 2 N–H and O–H groups in total. The largest absolute Gasteiger partial charge is 0.462 e. The zero-order valence-corrected chi connectivity index (χ0v) is 25.7. The Bertz CT molecular complexity index is 2040. The van der Waals surface area contributed by atoms with E-state index in [4.69, 9.17) is 16.1 Å². The monoisotopic (exact) mass is 640 g/mol. The summed E-state index contributed by atoms with van der Waals surface area (Å²) in [4.78, 5) is 18.1. The molecule has 7 rings (SSSR count). The summed E-state index contributed by atoms with van der Waals surface area (Å²) in [6, 6.07) is 15.5. The van der Waals surface area contributed by atoms with Crippen LogP contribution in [0.4, 0.5) is 20.3 Å². The summed E-state index contributed by atoms with van der Waals surface area (Å²) in [5, 5.41) is 5.12. The predicted molar refractivity (Wildman–Crippen MR) is 175 cm³/mol. The first-order valence-electron chi connectivity index (χ1n) is 14.9. The van der Waals surface area contributed by atoms with E-state index in [9.17, 15) is 13.2 Å². The van der Waals surface area contributed by atoms with Crippen LogP contribution in [0, 0.1) is 24.0 Å². The minimum Gasteiger partial charge on any atom is -0.462 e. The lowest BCUT2D eigenvalue weighted by molar-refractivity contribution is 0.301. The Balaban J connectivity index is 1.28. The van der Waals surface area contributed by atoms with Crippen molar-refractivity contribution in [1.82, 2.24) is 20.3 Å². The van der Waals surface area contributed by atoms with E-state index in [-0.39, 0.29) is 29.4 Å². The smallest absolute Gasteiger partial charge is 0.319 e. The number of nitrogens with one attached hydrogen (secondary N) is 1. The van der Waals surface area contributed by atoms with Crippen molar-refractivity contribution in [1.29, 1.82) is 0 Å². The van der Waals surface area contributed by atoms with Gasteiger partial charge in [-0.25, -0.2) is 13.0 Å². The number of ether oxygens (including phenoxy) is 1. The van der Waals surface area contributed by atoms with Crippen molar-refractivity contribution >= 4 is 44.3 Å². The molecule has 5 aromatic rings. The molecule has 2 aromatic heterocycles. The molecule has 0 amide bonds. The second kappa shape index (κ2) is 12.2. The van der Waals surface area contributed by atoms with Crippen LogP contribution in [0.25, 0.3) is 32.9 Å². The number of likely N-dealkylation sites (N-methyl/N-ethyl adjacent to an activating group) is 1. The molecule has 2 bridgehead atoms. The topological polar surface area (TPSA) is 104 Å². The molecule has 3 atom stereocenters. The Morgan fingerprint density at radius 1 is 1.13 bits per heavy atom. The summed E-state index contributed by atoms with van der Waals surface area (Å²) in [6.45, 7) is 1.96. The molecule has 4 heterocycles. The average Bonchev–Trinajstić information content (AvgIpc) is 3.41. The van der Waals surface area contributed by atoms with Crippen molar-refractivity contribution in [3.8, 4) is 29.6 Å². The number of fused-ring (bicyclic) bond motifs is 4. The van der Waals surface area contributed by atoms with E-state index in [1.807, 2.05) is 18.0 Å². The van der Waals surface area contributed by atoms with Crippen LogP contribution in [0.1, 0.15) is 18.4 Å². The predicted octanol–water partition coefficient (Wildman–Crippen LogP) is 5.14. The SMILES string of the molecule is C#Cc1c(F)ccc2cccc(-c3ncc4c(N5CC6CCC(C5)N6)nc(OCCN(C)c5cccc(S(=O)O)c5)nc4c3F)c12. The Labute approximate surface area is 266 Å². The Kier molecular flexibility index (Phi) is 7.98. The minimum atomic E-state index is -2.10. The molecule has 46 heavy (non-hydrogen) atoms. The van der Waals surface area contributed by atoms with E-state index in [1.165, 1.54) is 6.07 Å². The number of hydrogen-bond donors (Lipinski definition) is 2. The van der Waals surface area contributed by atoms with Crippen LogP contribution in [-0.2, 0) is 11.1 Å². The first-order valence-corrected chi connectivity index (χ1v) is 16.0. The lowest BCUT2D eigenvalue weighted by Crippen LogP contribution is -2.51. The molecule has 3 aromatic carbocycles. The number of aromatic nitrogens is 3. The van der Waals surface area contributed by atoms with Gasteiger partial charge in [-0.1, -0.05) is 36.3 Å². The van der Waals surface area contributed by atoms with Gasteiger partial charge in [0.25, 0.3) is 0 Å². The highest BCUT2D eigenvalue weighted by Crippen LogP contribution is 2.37. The summed E-state index contributed by atoms with van der Waals surface area (Å²) in [7, 11) is 1.83. The van der Waals surface area contributed by atoms with Gasteiger partial charge in [-0.15, -0.1) is 6.42 Å². The van der Waals surface area contributed by atoms with Gasteiger partial charge in [-0.2, -0.15) is 9.97 Å². The van der Waals surface area contributed by atoms with Crippen molar-refractivity contribution in [2.24, 2.45) is 0 Å². The van der Waals surface area contributed by atoms with Crippen molar-refractivity contribution < 1.29 is 22.3 Å². The number of hydrogen-bond acceptors (Lipinski definition) is 8. The zero-order chi connectivity index (χ0) is 31.9. The van der Waals surface area contributed by atoms with Gasteiger partial charge in [0.15, 0.2) is 16.9 Å². The molecular formula is C34H30F2N6O3S. The van der Waals surface area contributed by atoms with E-state index in [1.54, 1.807) is 48.7 Å². The maximum absolute atomic E-state index is 16.6. The van der Waals surface area contributed by atoms with Crippen LogP contribution in [0.5, 0.6) is 6.01 Å². The maximum atomic E-state index is 16.6. The van der Waals surface area contributed by atoms with E-state index < -0.39 is 22.7 Å². The fraction of sp³-hybridized carbons (Fsp3) is 0.265. The van der Waals surface area contributed by atoms with E-state index in [0.717, 1.165) is 18.5 Å². The lowest BCUT2D eigenvalue weighted by atomic mass is 9.96. The second-order valence-corrected chi connectivity index (χ2v) is 12.5. The highest BCUT2D eigenvalue weighted by molar-refractivity contribution is 7.79. The van der Waals surface area contributed by atoms with Crippen LogP contribution in [0.3, 0.4) is 0 Å². The van der Waals surface area contributed by atoms with E-state index in [2.05, 4.69) is 26.1 Å². The molecule has 3 unspecified atom stereocenters. The summed E-state index contributed by atoms with van der Waals surface area (Å²) >= 11 is -2.10. The molecular weight excluding hydrogens is 610 g/mol. The molecule has 0 radical (unpaired) electrons. The normalized spacial score (nSPS) is 18.1. The number of benzene rings is 3. The third-order valence-electron chi connectivity index (χ3n) is 8.67. The molecule has 2 aliphatic heterocycles. The van der Waals surface area contributed by atoms with Crippen LogP contribution < -0.4 is 19.9 Å². The van der Waals surface area contributed by atoms with Crippen molar-refractivity contribution in [2.45, 2.75) is 29.8 Å². The van der Waals surface area contributed by atoms with Crippen LogP contribution >= 0.6 is 0 Å². The van der Waals surface area contributed by atoms with Gasteiger partial charge < -0.3 is 24.4 Å². The summed E-state index contributed by atoms with van der Waals surface area (Å²) < 4.78 is 58.4. The number of halogens is 2. The van der Waals surface area contributed by atoms with Crippen LogP contribution in [0.15, 0.2) is 65.7 Å². The van der Waals surface area contributed by atoms with Crippen molar-refractivity contribution in [3.63, 3.8) is 0 Å². The number of pyridine rings is 1. The lowest BCUT2D eigenvalue weighted by Gasteiger charge is -2.34. The van der Waals surface area contributed by atoms with Gasteiger partial charge in [0.1, 0.15) is 29.5 Å². The van der Waals surface area contributed by atoms with Gasteiger partial charge in [-0.05, 0) is 42.5 Å². The quantitative estimate of drug-likeness (QED) is 0.176. The molecule has 2 saturated heterocycles. The average molecular weight is 641 g/mol. The molecule has 234 valence electrons. The molecule has 12 heteroatoms. The van der Waals surface area contributed by atoms with Gasteiger partial charge >= 0.3 is 6.01 Å². The van der Waals surface area contributed by atoms with Gasteiger partial charge in [0.2, 0.25) is 0 Å². The highest BCUT2D eigenvalue weighted by atomic mass is 32.2. The van der Waals surface area contributed by atoms with Crippen LogP contribution in [-0.4, -0.2) is 69.1 Å². The fourth-order valence-corrected chi connectivity index (χ4v) is 6.83. The summed E-state index contributed by atoms with van der Waals surface area (Å²) in [6.07, 6.45) is 9.36. The van der Waals surface area contributed by atoms with Gasteiger partial charge in [-0.3, -0.25) is 4.98 Å². The maximum Gasteiger partial charge on any atom is 0.319 e. The molecule has 0 saturated carbocycles. The Hall–Kier alpha value is -4.70. The molecule has 2 aliphatic rings. The first-order chi connectivity index (χ1) is 22.3. The van der Waals surface area contributed by atoms with Crippen LogP contribution in [0.2, 0.25) is 0 Å². The Morgan fingerprint density at radius 3 is 2.67 bits per heavy atom. The van der Waals surface area contributed by atoms with Crippen molar-refractivity contribution in [2.75, 3.05) is 43.1 Å². The zero-order valence-electron chi connectivity index (χ0n) is 24.9. The minimum absolute atomic E-state index is 0.00272. The first kappa shape index (κ1) is 30.0. The van der Waals surface area contributed by atoms with Gasteiger partial charge in [0.05, 0.1) is 22.4 Å². The standard InChI is InChI=1S/C34H30F2N6O3S/c1-3-25-28(35)13-10-20-6-4-9-26(29(20)25)31-30(36)32-27(17-37-31)33(42-18-21-11-12-22(19-42)38-21)40-34(39-32)45-15-14-41(2)23-7-5-8-24(16-23)46(43)44/h1,4-10,13,16-17,21-22,38H,11-12,14-15,18-19H2,2H3,(H,43,44). The summed E-state index contributed by atoms with van der Waals surface area (Å²) in [5.74, 6) is 1.70. The third kappa shape index (κ3) is 5.51. The molecule has 0 spiro atoms. The highest BCUT2D eigenvalue weighted by Gasteiger charge is 2.34. The molecule has 2 fully saturated rings. The molecule has 9 nitrogen and oxygen atoms in total. The van der Waals surface area contributed by atoms with E-state index in [0.29, 0.717) is 64.2 Å². The fourth-order valence-electron chi connectivity index (χ4n) is 6.41. The number of terminal acetylenes is 1. The number of nitrogens with zero attached hydrogens (tertiary/aromatic N) is 5. The van der Waals surface area contributed by atoms with Crippen molar-refractivity contribution in [3.05, 3.63) is 78.0 Å². The number of anilines is 2.